The molecule has 0 aromatic carbocycles. The zero-order chi connectivity index (χ0) is 16.5. The molecular formula is C16H25N3O3. The van der Waals surface area contributed by atoms with Gasteiger partial charge in [0.1, 0.15) is 5.54 Å². The van der Waals surface area contributed by atoms with Gasteiger partial charge in [0, 0.05) is 12.2 Å². The zero-order valence-electron chi connectivity index (χ0n) is 13.8. The third-order valence-electron chi connectivity index (χ3n) is 4.91. The Morgan fingerprint density at radius 1 is 1.41 bits per heavy atom. The van der Waals surface area contributed by atoms with E-state index in [0.29, 0.717) is 24.9 Å². The van der Waals surface area contributed by atoms with Crippen LogP contribution in [0.1, 0.15) is 68.5 Å². The van der Waals surface area contributed by atoms with Gasteiger partial charge in [-0.1, -0.05) is 13.8 Å². The van der Waals surface area contributed by atoms with Crippen LogP contribution in [0.25, 0.3) is 0 Å². The lowest BCUT2D eigenvalue weighted by atomic mass is 9.98. The minimum Gasteiger partial charge on any atom is -0.480 e. The van der Waals surface area contributed by atoms with Crippen molar-refractivity contribution in [3.63, 3.8) is 0 Å². The van der Waals surface area contributed by atoms with E-state index in [1.165, 1.54) is 4.90 Å². The van der Waals surface area contributed by atoms with E-state index in [-0.39, 0.29) is 11.9 Å². The molecule has 1 aromatic heterocycles. The number of likely N-dealkylation sites (tertiary alicyclic amines) is 1. The summed E-state index contributed by atoms with van der Waals surface area (Å²) in [7, 11) is 0. The van der Waals surface area contributed by atoms with Gasteiger partial charge in [-0.25, -0.2) is 4.79 Å². The summed E-state index contributed by atoms with van der Waals surface area (Å²) in [6.45, 7) is 8.18. The Hall–Kier alpha value is -1.85. The summed E-state index contributed by atoms with van der Waals surface area (Å²) in [5.41, 5.74) is 0.222. The second-order valence-electron chi connectivity index (χ2n) is 6.20. The van der Waals surface area contributed by atoms with Gasteiger partial charge in [0.15, 0.2) is 0 Å². The SMILES string of the molecule is CCC(CC)n1ncc(C(=O)N2CCCC2(C)C(=O)O)c1C. The molecule has 6 nitrogen and oxygen atoms in total. The van der Waals surface area contributed by atoms with Crippen molar-refractivity contribution in [3.05, 3.63) is 17.5 Å². The van der Waals surface area contributed by atoms with Gasteiger partial charge in [0.25, 0.3) is 5.91 Å². The molecule has 0 spiro atoms. The smallest absolute Gasteiger partial charge is 0.329 e. The molecule has 6 heteroatoms. The fraction of sp³-hybridized carbons (Fsp3) is 0.688. The van der Waals surface area contributed by atoms with Gasteiger partial charge in [-0.05, 0) is 39.5 Å². The lowest BCUT2D eigenvalue weighted by Crippen LogP contribution is -2.50. The van der Waals surface area contributed by atoms with E-state index in [1.54, 1.807) is 13.1 Å². The number of amides is 1. The van der Waals surface area contributed by atoms with Crippen molar-refractivity contribution in [2.75, 3.05) is 6.54 Å². The summed E-state index contributed by atoms with van der Waals surface area (Å²) >= 11 is 0. The maximum absolute atomic E-state index is 12.8. The molecule has 2 rings (SSSR count). The largest absolute Gasteiger partial charge is 0.480 e. The number of carbonyl (C=O) groups excluding carboxylic acids is 1. The van der Waals surface area contributed by atoms with Crippen molar-refractivity contribution in [1.29, 1.82) is 0 Å². The third-order valence-corrected chi connectivity index (χ3v) is 4.91. The van der Waals surface area contributed by atoms with Gasteiger partial charge in [0.2, 0.25) is 0 Å². The first-order chi connectivity index (χ1) is 10.4. The lowest BCUT2D eigenvalue weighted by Gasteiger charge is -2.31. The van der Waals surface area contributed by atoms with Crippen LogP contribution in [0.5, 0.6) is 0 Å². The molecule has 0 bridgehead atoms. The predicted molar refractivity (Wildman–Crippen MR) is 82.9 cm³/mol. The maximum atomic E-state index is 12.8. The molecule has 1 saturated heterocycles. The van der Waals surface area contributed by atoms with E-state index < -0.39 is 11.5 Å². The minimum atomic E-state index is -1.11. The van der Waals surface area contributed by atoms with E-state index >= 15 is 0 Å². The predicted octanol–water partition coefficient (Wildman–Crippen LogP) is 2.63. The zero-order valence-corrected chi connectivity index (χ0v) is 13.8. The van der Waals surface area contributed by atoms with Crippen LogP contribution in [-0.4, -0.2) is 43.7 Å². The first-order valence-corrected chi connectivity index (χ1v) is 7.96. The normalized spacial score (nSPS) is 21.6. The van der Waals surface area contributed by atoms with Gasteiger partial charge in [-0.2, -0.15) is 5.10 Å². The Kier molecular flexibility index (Phi) is 4.58. The van der Waals surface area contributed by atoms with Crippen molar-refractivity contribution in [3.8, 4) is 0 Å². The minimum absolute atomic E-state index is 0.225. The number of aromatic nitrogens is 2. The highest BCUT2D eigenvalue weighted by Gasteiger charge is 2.46. The monoisotopic (exact) mass is 307 g/mol. The second kappa shape index (κ2) is 6.10. The Labute approximate surface area is 131 Å². The molecular weight excluding hydrogens is 282 g/mol. The number of hydrogen-bond acceptors (Lipinski definition) is 3. The van der Waals surface area contributed by atoms with Gasteiger partial charge < -0.3 is 10.0 Å². The first-order valence-electron chi connectivity index (χ1n) is 7.96. The van der Waals surface area contributed by atoms with Crippen LogP contribution in [-0.2, 0) is 4.79 Å². The van der Waals surface area contributed by atoms with E-state index in [1.807, 2.05) is 11.6 Å². The fourth-order valence-electron chi connectivity index (χ4n) is 3.29. The summed E-state index contributed by atoms with van der Waals surface area (Å²) in [5.74, 6) is -1.17. The molecule has 22 heavy (non-hydrogen) atoms. The van der Waals surface area contributed by atoms with Crippen LogP contribution in [0.4, 0.5) is 0 Å². The molecule has 122 valence electrons. The number of rotatable bonds is 5. The van der Waals surface area contributed by atoms with Crippen LogP contribution in [0, 0.1) is 6.92 Å². The quantitative estimate of drug-likeness (QED) is 0.907. The van der Waals surface area contributed by atoms with Crippen LogP contribution >= 0.6 is 0 Å². The van der Waals surface area contributed by atoms with E-state index in [4.69, 9.17) is 0 Å². The maximum Gasteiger partial charge on any atom is 0.329 e. The molecule has 0 saturated carbocycles. The molecule has 1 aliphatic rings. The summed E-state index contributed by atoms with van der Waals surface area (Å²) in [6, 6.07) is 0.269. The average Bonchev–Trinajstić information content (AvgIpc) is 3.05. The molecule has 1 aromatic rings. The van der Waals surface area contributed by atoms with E-state index in [9.17, 15) is 14.7 Å². The highest BCUT2D eigenvalue weighted by Crippen LogP contribution is 2.31. The van der Waals surface area contributed by atoms with E-state index in [2.05, 4.69) is 18.9 Å². The molecule has 1 aliphatic heterocycles. The summed E-state index contributed by atoms with van der Waals surface area (Å²) < 4.78 is 1.89. The molecule has 0 aliphatic carbocycles. The van der Waals surface area contributed by atoms with Crippen LogP contribution in [0.2, 0.25) is 0 Å². The summed E-state index contributed by atoms with van der Waals surface area (Å²) in [6.07, 6.45) is 4.69. The number of carbonyl (C=O) groups is 2. The van der Waals surface area contributed by atoms with Gasteiger partial charge in [0.05, 0.1) is 17.8 Å². The van der Waals surface area contributed by atoms with Gasteiger partial charge in [-0.15, -0.1) is 0 Å². The Balaban J connectivity index is 2.33. The van der Waals surface area contributed by atoms with Crippen molar-refractivity contribution < 1.29 is 14.7 Å². The second-order valence-corrected chi connectivity index (χ2v) is 6.20. The lowest BCUT2D eigenvalue weighted by molar-refractivity contribution is -0.147. The number of hydrogen-bond donors (Lipinski definition) is 1. The molecule has 1 amide bonds. The fourth-order valence-corrected chi connectivity index (χ4v) is 3.29. The van der Waals surface area contributed by atoms with Crippen molar-refractivity contribution >= 4 is 11.9 Å². The molecule has 1 N–H and O–H groups in total. The van der Waals surface area contributed by atoms with Crippen LogP contribution in [0.3, 0.4) is 0 Å². The third kappa shape index (κ3) is 2.51. The standard InChI is InChI=1S/C16H25N3O3/c1-5-12(6-2)19-11(3)13(10-17-19)14(20)18-9-7-8-16(18,4)15(21)22/h10,12H,5-9H2,1-4H3,(H,21,22). The Morgan fingerprint density at radius 2 is 2.05 bits per heavy atom. The summed E-state index contributed by atoms with van der Waals surface area (Å²) in [4.78, 5) is 25.8. The summed E-state index contributed by atoms with van der Waals surface area (Å²) in [5, 5.41) is 13.8. The Bertz CT molecular complexity index is 577. The Morgan fingerprint density at radius 3 is 2.59 bits per heavy atom. The molecule has 0 radical (unpaired) electrons. The number of carboxylic acids is 1. The van der Waals surface area contributed by atoms with E-state index in [0.717, 1.165) is 18.5 Å². The molecule has 1 unspecified atom stereocenters. The number of carboxylic acid groups (broad SMARTS) is 1. The topological polar surface area (TPSA) is 75.4 Å². The van der Waals surface area contributed by atoms with Crippen molar-refractivity contribution in [1.82, 2.24) is 14.7 Å². The van der Waals surface area contributed by atoms with Crippen molar-refractivity contribution in [2.45, 2.75) is 65.0 Å². The van der Waals surface area contributed by atoms with Gasteiger partial charge >= 0.3 is 5.97 Å². The van der Waals surface area contributed by atoms with Crippen molar-refractivity contribution in [2.24, 2.45) is 0 Å². The van der Waals surface area contributed by atoms with Crippen LogP contribution < -0.4 is 0 Å². The average molecular weight is 307 g/mol. The molecule has 1 atom stereocenters. The highest BCUT2D eigenvalue weighted by molar-refractivity contribution is 5.98. The first kappa shape index (κ1) is 16.5. The van der Waals surface area contributed by atoms with Gasteiger partial charge in [-0.3, -0.25) is 9.48 Å². The number of aliphatic carboxylic acids is 1. The number of nitrogens with zero attached hydrogens (tertiary/aromatic N) is 3. The molecule has 2 heterocycles. The van der Waals surface area contributed by atoms with Crippen LogP contribution in [0.15, 0.2) is 6.20 Å². The highest BCUT2D eigenvalue weighted by atomic mass is 16.4. The molecule has 1 fully saturated rings.